The first-order valence-corrected chi connectivity index (χ1v) is 10.2. The van der Waals surface area contributed by atoms with Crippen molar-refractivity contribution >= 4 is 0 Å². The van der Waals surface area contributed by atoms with Crippen molar-refractivity contribution in [3.05, 3.63) is 29.3 Å². The molecular formula is C23H37NO2. The van der Waals surface area contributed by atoms with Gasteiger partial charge in [-0.3, -0.25) is 4.90 Å². The van der Waals surface area contributed by atoms with Crippen LogP contribution in [0.3, 0.4) is 0 Å². The highest BCUT2D eigenvalue weighted by molar-refractivity contribution is 5.39. The molecule has 3 atom stereocenters. The molecule has 2 bridgehead atoms. The molecule has 1 N–H and O–H groups in total. The molecule has 0 spiro atoms. The lowest BCUT2D eigenvalue weighted by Gasteiger charge is -2.40. The molecule has 3 rings (SSSR count). The van der Waals surface area contributed by atoms with Crippen LogP contribution in [0.15, 0.2) is 18.2 Å². The number of aliphatic hydroxyl groups excluding tert-OH is 1. The zero-order valence-electron chi connectivity index (χ0n) is 17.5. The number of rotatable bonds is 6. The van der Waals surface area contributed by atoms with E-state index in [-0.39, 0.29) is 0 Å². The van der Waals surface area contributed by atoms with Crippen molar-refractivity contribution in [1.82, 2.24) is 4.90 Å². The SMILES string of the molecule is Cc1ccc(C(C)C)c(OC[C@@H](O)CN2C[C@]3(C)C[C@H]2CC(C)(C)C3)c1. The second kappa shape index (κ2) is 7.16. The number of hydrogen-bond acceptors (Lipinski definition) is 3. The molecule has 2 fully saturated rings. The molecular weight excluding hydrogens is 322 g/mol. The summed E-state index contributed by atoms with van der Waals surface area (Å²) in [5.74, 6) is 1.34. The molecule has 0 unspecified atom stereocenters. The number of ether oxygens (including phenoxy) is 1. The second-order valence-electron chi connectivity index (χ2n) is 10.3. The van der Waals surface area contributed by atoms with Gasteiger partial charge >= 0.3 is 0 Å². The molecule has 1 aliphatic carbocycles. The summed E-state index contributed by atoms with van der Waals surface area (Å²) >= 11 is 0. The fraction of sp³-hybridized carbons (Fsp3) is 0.739. The Bertz CT molecular complexity index is 639. The Hall–Kier alpha value is -1.06. The lowest BCUT2D eigenvalue weighted by molar-refractivity contribution is 0.0581. The van der Waals surface area contributed by atoms with Crippen molar-refractivity contribution in [3.8, 4) is 5.75 Å². The number of hydrogen-bond donors (Lipinski definition) is 1. The Labute approximate surface area is 159 Å². The second-order valence-corrected chi connectivity index (χ2v) is 10.3. The molecule has 1 heterocycles. The Balaban J connectivity index is 1.59. The van der Waals surface area contributed by atoms with Crippen LogP contribution < -0.4 is 4.74 Å². The maximum atomic E-state index is 10.6. The fourth-order valence-corrected chi connectivity index (χ4v) is 5.54. The highest BCUT2D eigenvalue weighted by Crippen LogP contribution is 2.52. The molecule has 1 aromatic rings. The molecule has 1 aromatic carbocycles. The number of aliphatic hydroxyl groups is 1. The van der Waals surface area contributed by atoms with E-state index in [1.807, 2.05) is 0 Å². The van der Waals surface area contributed by atoms with Crippen molar-refractivity contribution < 1.29 is 9.84 Å². The molecule has 0 aromatic heterocycles. The van der Waals surface area contributed by atoms with Gasteiger partial charge in [-0.25, -0.2) is 0 Å². The first-order valence-electron chi connectivity index (χ1n) is 10.2. The van der Waals surface area contributed by atoms with E-state index >= 15 is 0 Å². The molecule has 1 saturated heterocycles. The smallest absolute Gasteiger partial charge is 0.123 e. The van der Waals surface area contributed by atoms with Gasteiger partial charge in [-0.15, -0.1) is 0 Å². The van der Waals surface area contributed by atoms with Gasteiger partial charge in [0, 0.05) is 19.1 Å². The zero-order valence-corrected chi connectivity index (χ0v) is 17.5. The van der Waals surface area contributed by atoms with Crippen LogP contribution in [0.1, 0.15) is 70.9 Å². The monoisotopic (exact) mass is 359 g/mol. The Morgan fingerprint density at radius 1 is 1.23 bits per heavy atom. The Morgan fingerprint density at radius 3 is 2.65 bits per heavy atom. The van der Waals surface area contributed by atoms with Crippen LogP contribution in [-0.4, -0.2) is 41.8 Å². The van der Waals surface area contributed by atoms with Crippen LogP contribution in [0.5, 0.6) is 5.75 Å². The Morgan fingerprint density at radius 2 is 1.96 bits per heavy atom. The average Bonchev–Trinajstić information content (AvgIpc) is 2.73. The van der Waals surface area contributed by atoms with Gasteiger partial charge in [0.05, 0.1) is 0 Å². The molecule has 0 amide bonds. The molecule has 146 valence electrons. The number of β-amino-alcohol motifs (C(OH)–C–C–N with tert-alkyl or cyclic N) is 1. The summed E-state index contributed by atoms with van der Waals surface area (Å²) in [5, 5.41) is 10.6. The van der Waals surface area contributed by atoms with Crippen LogP contribution in [0, 0.1) is 17.8 Å². The van der Waals surface area contributed by atoms with E-state index in [9.17, 15) is 5.11 Å². The number of fused-ring (bicyclic) bond motifs is 2. The molecule has 0 radical (unpaired) electrons. The first-order chi connectivity index (χ1) is 12.1. The van der Waals surface area contributed by atoms with Crippen LogP contribution in [-0.2, 0) is 0 Å². The maximum absolute atomic E-state index is 10.6. The molecule has 1 saturated carbocycles. The third kappa shape index (κ3) is 4.43. The number of benzene rings is 1. The number of aryl methyl sites for hydroxylation is 1. The van der Waals surface area contributed by atoms with Crippen molar-refractivity contribution in [2.75, 3.05) is 19.7 Å². The predicted molar refractivity (Wildman–Crippen MR) is 108 cm³/mol. The average molecular weight is 360 g/mol. The lowest BCUT2D eigenvalue weighted by Crippen LogP contribution is -2.40. The largest absolute Gasteiger partial charge is 0.491 e. The summed E-state index contributed by atoms with van der Waals surface area (Å²) < 4.78 is 6.05. The normalized spacial score (nSPS) is 29.2. The third-order valence-corrected chi connectivity index (χ3v) is 6.19. The van der Waals surface area contributed by atoms with E-state index in [0.717, 1.165) is 18.8 Å². The Kier molecular flexibility index (Phi) is 5.43. The minimum absolute atomic E-state index is 0.368. The quantitative estimate of drug-likeness (QED) is 0.795. The molecule has 26 heavy (non-hydrogen) atoms. The third-order valence-electron chi connectivity index (χ3n) is 6.19. The van der Waals surface area contributed by atoms with E-state index < -0.39 is 6.10 Å². The van der Waals surface area contributed by atoms with Gasteiger partial charge < -0.3 is 9.84 Å². The van der Waals surface area contributed by atoms with E-state index in [0.29, 0.717) is 29.4 Å². The maximum Gasteiger partial charge on any atom is 0.123 e. The van der Waals surface area contributed by atoms with Gasteiger partial charge in [-0.1, -0.05) is 46.8 Å². The molecule has 3 nitrogen and oxygen atoms in total. The summed E-state index contributed by atoms with van der Waals surface area (Å²) in [6, 6.07) is 6.98. The summed E-state index contributed by atoms with van der Waals surface area (Å²) in [4.78, 5) is 2.52. The lowest BCUT2D eigenvalue weighted by atomic mass is 9.65. The van der Waals surface area contributed by atoms with E-state index in [4.69, 9.17) is 4.74 Å². The number of nitrogens with zero attached hydrogens (tertiary/aromatic N) is 1. The van der Waals surface area contributed by atoms with Crippen LogP contribution in [0.4, 0.5) is 0 Å². The predicted octanol–water partition coefficient (Wildman–Crippen LogP) is 4.76. The summed E-state index contributed by atoms with van der Waals surface area (Å²) in [5.41, 5.74) is 3.24. The van der Waals surface area contributed by atoms with Gasteiger partial charge in [0.2, 0.25) is 0 Å². The zero-order chi connectivity index (χ0) is 19.1. The van der Waals surface area contributed by atoms with E-state index in [1.165, 1.54) is 30.4 Å². The summed E-state index contributed by atoms with van der Waals surface area (Å²) in [6.45, 7) is 15.9. The number of likely N-dealkylation sites (tertiary alicyclic amines) is 1. The molecule has 3 heteroatoms. The minimum atomic E-state index is -0.443. The van der Waals surface area contributed by atoms with E-state index in [2.05, 4.69) is 64.6 Å². The van der Waals surface area contributed by atoms with Crippen molar-refractivity contribution in [3.63, 3.8) is 0 Å². The van der Waals surface area contributed by atoms with Crippen LogP contribution in [0.2, 0.25) is 0 Å². The minimum Gasteiger partial charge on any atom is -0.491 e. The first kappa shape index (κ1) is 19.7. The fourth-order valence-electron chi connectivity index (χ4n) is 5.54. The van der Waals surface area contributed by atoms with Crippen molar-refractivity contribution in [1.29, 1.82) is 0 Å². The van der Waals surface area contributed by atoms with Gasteiger partial charge in [0.1, 0.15) is 18.5 Å². The highest BCUT2D eigenvalue weighted by atomic mass is 16.5. The van der Waals surface area contributed by atoms with Gasteiger partial charge in [-0.2, -0.15) is 0 Å². The standard InChI is InChI=1S/C23H37NO2/c1-16(2)20-8-7-17(3)9-21(20)26-13-19(25)12-24-15-23(6)11-18(24)10-22(4,5)14-23/h7-9,16,18-19,25H,10-15H2,1-6H3/t18-,19+,23-/m1/s1. The van der Waals surface area contributed by atoms with Gasteiger partial charge in [-0.05, 0) is 60.1 Å². The van der Waals surface area contributed by atoms with Gasteiger partial charge in [0.25, 0.3) is 0 Å². The summed E-state index contributed by atoms with van der Waals surface area (Å²) in [7, 11) is 0. The molecule has 2 aliphatic rings. The molecule has 1 aliphatic heterocycles. The van der Waals surface area contributed by atoms with Crippen molar-refractivity contribution in [2.45, 2.75) is 78.9 Å². The summed E-state index contributed by atoms with van der Waals surface area (Å²) in [6.07, 6.45) is 3.37. The topological polar surface area (TPSA) is 32.7 Å². The highest BCUT2D eigenvalue weighted by Gasteiger charge is 2.49. The van der Waals surface area contributed by atoms with E-state index in [1.54, 1.807) is 0 Å². The van der Waals surface area contributed by atoms with Crippen LogP contribution >= 0.6 is 0 Å². The van der Waals surface area contributed by atoms with Crippen LogP contribution in [0.25, 0.3) is 0 Å². The van der Waals surface area contributed by atoms with Gasteiger partial charge in [0.15, 0.2) is 0 Å². The van der Waals surface area contributed by atoms with Crippen molar-refractivity contribution in [2.24, 2.45) is 10.8 Å².